The molecular weight excluding hydrogens is 230 g/mol. The molecule has 0 saturated carbocycles. The van der Waals surface area contributed by atoms with Gasteiger partial charge in [-0.3, -0.25) is 4.90 Å². The number of hydrogen-bond donors (Lipinski definition) is 0. The molecule has 0 atom stereocenters. The normalized spacial score (nSPS) is 10.6. The molecule has 0 aliphatic carbocycles. The van der Waals surface area contributed by atoms with E-state index in [0.29, 0.717) is 18.9 Å². The number of nitriles is 1. The van der Waals surface area contributed by atoms with Gasteiger partial charge in [0.2, 0.25) is 0 Å². The van der Waals surface area contributed by atoms with Crippen LogP contribution >= 0.6 is 0 Å². The number of ether oxygens (including phenoxy) is 2. The lowest BCUT2D eigenvalue weighted by Crippen LogP contribution is -2.30. The Balaban J connectivity index is 2.59. The first kappa shape index (κ1) is 14.6. The molecule has 1 heterocycles. The van der Waals surface area contributed by atoms with Crippen molar-refractivity contribution in [3.05, 3.63) is 29.6 Å². The van der Waals surface area contributed by atoms with Crippen molar-refractivity contribution in [2.45, 2.75) is 6.54 Å². The third-order valence-electron chi connectivity index (χ3n) is 2.57. The zero-order valence-electron chi connectivity index (χ0n) is 10.9. The second-order valence-corrected chi connectivity index (χ2v) is 3.92. The fourth-order valence-electron chi connectivity index (χ4n) is 1.60. The minimum Gasteiger partial charge on any atom is -0.383 e. The Morgan fingerprint density at radius 2 is 1.94 bits per heavy atom. The van der Waals surface area contributed by atoms with Gasteiger partial charge in [-0.1, -0.05) is 0 Å². The molecule has 1 aromatic rings. The van der Waals surface area contributed by atoms with Gasteiger partial charge >= 0.3 is 0 Å². The molecule has 0 spiro atoms. The lowest BCUT2D eigenvalue weighted by molar-refractivity contribution is 0.110. The average Bonchev–Trinajstić information content (AvgIpc) is 2.42. The predicted octanol–water partition coefficient (Wildman–Crippen LogP) is 1.05. The van der Waals surface area contributed by atoms with Gasteiger partial charge in [0.05, 0.1) is 13.2 Å². The van der Waals surface area contributed by atoms with Crippen LogP contribution in [0.15, 0.2) is 18.3 Å². The number of methoxy groups -OCH3 is 2. The van der Waals surface area contributed by atoms with Gasteiger partial charge in [-0.15, -0.1) is 0 Å². The van der Waals surface area contributed by atoms with Gasteiger partial charge < -0.3 is 9.47 Å². The first-order valence-corrected chi connectivity index (χ1v) is 5.85. The third kappa shape index (κ3) is 5.23. The molecule has 0 aliphatic rings. The highest BCUT2D eigenvalue weighted by molar-refractivity contribution is 5.25. The Hall–Kier alpha value is -1.48. The number of aromatic nitrogens is 1. The molecule has 0 amide bonds. The Kier molecular flexibility index (Phi) is 6.96. The van der Waals surface area contributed by atoms with Crippen LogP contribution < -0.4 is 0 Å². The molecule has 0 N–H and O–H groups in total. The van der Waals surface area contributed by atoms with Crippen molar-refractivity contribution in [2.75, 3.05) is 40.5 Å². The second kappa shape index (κ2) is 8.59. The lowest BCUT2D eigenvalue weighted by atomic mass is 10.2. The molecule has 1 aromatic heterocycles. The Bertz CT molecular complexity index is 382. The van der Waals surface area contributed by atoms with Gasteiger partial charge in [-0.2, -0.15) is 5.26 Å². The van der Waals surface area contributed by atoms with E-state index in [1.807, 2.05) is 18.2 Å². The molecule has 0 saturated heterocycles. The van der Waals surface area contributed by atoms with E-state index in [1.165, 1.54) is 0 Å². The van der Waals surface area contributed by atoms with Crippen LogP contribution in [0.5, 0.6) is 0 Å². The van der Waals surface area contributed by atoms with Crippen LogP contribution in [0, 0.1) is 11.3 Å². The maximum absolute atomic E-state index is 8.81. The first-order valence-electron chi connectivity index (χ1n) is 5.85. The standard InChI is InChI=1S/C13H19N3O2/c1-17-7-5-16(6-8-18-2)11-12-3-4-15-13(9-12)10-14/h3-4,9H,5-8,11H2,1-2H3. The van der Waals surface area contributed by atoms with Crippen molar-refractivity contribution in [2.24, 2.45) is 0 Å². The lowest BCUT2D eigenvalue weighted by Gasteiger charge is -2.21. The number of nitrogens with zero attached hydrogens (tertiary/aromatic N) is 3. The van der Waals surface area contributed by atoms with E-state index in [-0.39, 0.29) is 0 Å². The first-order chi connectivity index (χ1) is 8.80. The van der Waals surface area contributed by atoms with Gasteiger partial charge in [-0.25, -0.2) is 4.98 Å². The van der Waals surface area contributed by atoms with E-state index in [9.17, 15) is 0 Å². The van der Waals surface area contributed by atoms with Crippen molar-refractivity contribution in [1.29, 1.82) is 5.26 Å². The van der Waals surface area contributed by atoms with Gasteiger partial charge in [-0.05, 0) is 17.7 Å². The minimum absolute atomic E-state index is 0.450. The van der Waals surface area contributed by atoms with E-state index in [4.69, 9.17) is 14.7 Å². The van der Waals surface area contributed by atoms with E-state index in [2.05, 4.69) is 9.88 Å². The van der Waals surface area contributed by atoms with Gasteiger partial charge in [0, 0.05) is 40.1 Å². The van der Waals surface area contributed by atoms with Crippen molar-refractivity contribution in [3.63, 3.8) is 0 Å². The summed E-state index contributed by atoms with van der Waals surface area (Å²) in [6, 6.07) is 5.78. The molecule has 0 aromatic carbocycles. The Labute approximate surface area is 108 Å². The summed E-state index contributed by atoms with van der Waals surface area (Å²) >= 11 is 0. The summed E-state index contributed by atoms with van der Waals surface area (Å²) in [6.45, 7) is 3.80. The molecular formula is C13H19N3O2. The summed E-state index contributed by atoms with van der Waals surface area (Å²) < 4.78 is 10.2. The smallest absolute Gasteiger partial charge is 0.140 e. The van der Waals surface area contributed by atoms with Crippen molar-refractivity contribution >= 4 is 0 Å². The SMILES string of the molecule is COCCN(CCOC)Cc1ccnc(C#N)c1. The highest BCUT2D eigenvalue weighted by atomic mass is 16.5. The Morgan fingerprint density at radius 3 is 2.50 bits per heavy atom. The summed E-state index contributed by atoms with van der Waals surface area (Å²) in [5.41, 5.74) is 1.53. The van der Waals surface area contributed by atoms with Gasteiger partial charge in [0.25, 0.3) is 0 Å². The molecule has 5 heteroatoms. The fourth-order valence-corrected chi connectivity index (χ4v) is 1.60. The molecule has 0 radical (unpaired) electrons. The molecule has 18 heavy (non-hydrogen) atoms. The quantitative estimate of drug-likeness (QED) is 0.689. The van der Waals surface area contributed by atoms with Gasteiger partial charge in [0.15, 0.2) is 0 Å². The van der Waals surface area contributed by atoms with E-state index in [1.54, 1.807) is 20.4 Å². The molecule has 98 valence electrons. The van der Waals surface area contributed by atoms with Crippen LogP contribution in [0.4, 0.5) is 0 Å². The topological polar surface area (TPSA) is 58.4 Å². The summed E-state index contributed by atoms with van der Waals surface area (Å²) in [5, 5.41) is 8.81. The van der Waals surface area contributed by atoms with Crippen LogP contribution in [0.1, 0.15) is 11.3 Å². The molecule has 0 unspecified atom stereocenters. The van der Waals surface area contributed by atoms with E-state index in [0.717, 1.165) is 25.2 Å². The second-order valence-electron chi connectivity index (χ2n) is 3.92. The summed E-state index contributed by atoms with van der Waals surface area (Å²) in [6.07, 6.45) is 1.67. The van der Waals surface area contributed by atoms with Crippen molar-refractivity contribution in [1.82, 2.24) is 9.88 Å². The molecule has 0 bridgehead atoms. The third-order valence-corrected chi connectivity index (χ3v) is 2.57. The predicted molar refractivity (Wildman–Crippen MR) is 68.0 cm³/mol. The van der Waals surface area contributed by atoms with Crippen LogP contribution in [-0.2, 0) is 16.0 Å². The van der Waals surface area contributed by atoms with E-state index < -0.39 is 0 Å². The van der Waals surface area contributed by atoms with Crippen molar-refractivity contribution in [3.8, 4) is 6.07 Å². The van der Waals surface area contributed by atoms with Crippen LogP contribution in [0.3, 0.4) is 0 Å². The fraction of sp³-hybridized carbons (Fsp3) is 0.538. The summed E-state index contributed by atoms with van der Waals surface area (Å²) in [4.78, 5) is 6.19. The Morgan fingerprint density at radius 1 is 1.28 bits per heavy atom. The highest BCUT2D eigenvalue weighted by Gasteiger charge is 2.06. The maximum Gasteiger partial charge on any atom is 0.140 e. The number of hydrogen-bond acceptors (Lipinski definition) is 5. The molecule has 0 aliphatic heterocycles. The zero-order chi connectivity index (χ0) is 13.2. The molecule has 5 nitrogen and oxygen atoms in total. The molecule has 1 rings (SSSR count). The largest absolute Gasteiger partial charge is 0.383 e. The number of rotatable bonds is 8. The van der Waals surface area contributed by atoms with Crippen LogP contribution in [0.2, 0.25) is 0 Å². The summed E-state index contributed by atoms with van der Waals surface area (Å²) in [7, 11) is 3.38. The maximum atomic E-state index is 8.81. The highest BCUT2D eigenvalue weighted by Crippen LogP contribution is 2.05. The van der Waals surface area contributed by atoms with Crippen molar-refractivity contribution < 1.29 is 9.47 Å². The summed E-state index contributed by atoms with van der Waals surface area (Å²) in [5.74, 6) is 0. The zero-order valence-corrected chi connectivity index (χ0v) is 10.9. The number of pyridine rings is 1. The average molecular weight is 249 g/mol. The van der Waals surface area contributed by atoms with E-state index >= 15 is 0 Å². The van der Waals surface area contributed by atoms with Gasteiger partial charge in [0.1, 0.15) is 11.8 Å². The minimum atomic E-state index is 0.450. The van der Waals surface area contributed by atoms with Crippen LogP contribution in [0.25, 0.3) is 0 Å². The monoisotopic (exact) mass is 249 g/mol. The molecule has 0 fully saturated rings. The van der Waals surface area contributed by atoms with Crippen LogP contribution in [-0.4, -0.2) is 50.4 Å².